The number of ether oxygens (including phenoxy) is 1. The first-order chi connectivity index (χ1) is 18.2. The fraction of sp³-hybridized carbons (Fsp3) is 0.469. The summed E-state index contributed by atoms with van der Waals surface area (Å²) in [5.41, 5.74) is 2.75. The third kappa shape index (κ3) is 5.85. The summed E-state index contributed by atoms with van der Waals surface area (Å²) in [4.78, 5) is 31.4. The van der Waals surface area contributed by atoms with Crippen molar-refractivity contribution < 1.29 is 19.4 Å². The number of carboxylic acids is 1. The Bertz CT molecular complexity index is 1310. The summed E-state index contributed by atoms with van der Waals surface area (Å²) < 4.78 is 6.23. The summed E-state index contributed by atoms with van der Waals surface area (Å²) in [6, 6.07) is 16.1. The van der Waals surface area contributed by atoms with Crippen LogP contribution in [0.3, 0.4) is 0 Å². The number of amides is 1. The molecule has 0 bridgehead atoms. The highest BCUT2D eigenvalue weighted by Crippen LogP contribution is 2.34. The fourth-order valence-corrected chi connectivity index (χ4v) is 5.76. The molecule has 2 fully saturated rings. The van der Waals surface area contributed by atoms with Crippen LogP contribution >= 0.6 is 0 Å². The van der Waals surface area contributed by atoms with Gasteiger partial charge >= 0.3 is 5.97 Å². The zero-order valence-electron chi connectivity index (χ0n) is 22.7. The number of nitrogens with zero attached hydrogens (tertiary/aromatic N) is 2. The Morgan fingerprint density at radius 1 is 0.947 bits per heavy atom. The molecule has 6 heteroatoms. The molecule has 2 aliphatic rings. The van der Waals surface area contributed by atoms with Crippen LogP contribution in [0.1, 0.15) is 81.0 Å². The lowest BCUT2D eigenvalue weighted by atomic mass is 9.87. The minimum Gasteiger partial charge on any atom is -0.481 e. The number of hydrogen-bond acceptors (Lipinski definition) is 4. The van der Waals surface area contributed by atoms with Crippen LogP contribution in [0.25, 0.3) is 10.8 Å². The topological polar surface area (TPSA) is 79.7 Å². The van der Waals surface area contributed by atoms with Gasteiger partial charge in [0.25, 0.3) is 5.91 Å². The maximum Gasteiger partial charge on any atom is 0.306 e. The first kappa shape index (κ1) is 26.2. The molecule has 6 nitrogen and oxygen atoms in total. The van der Waals surface area contributed by atoms with Gasteiger partial charge in [0.05, 0.1) is 5.92 Å². The van der Waals surface area contributed by atoms with Crippen LogP contribution in [-0.4, -0.2) is 40.0 Å². The molecule has 1 aliphatic heterocycles. The SMILES string of the molecule is CC(C)(C)c1ccc(Oc2ccc3cc(C(=O)N4CCC(C(=O)O)CC4)nc(CC4CCCC4)c3c2)cc1. The standard InChI is InChI=1S/C32H38N2O4/c1-32(2,3)24-9-12-25(13-10-24)38-26-11-8-23-19-29(30(35)34-16-14-22(15-17-34)31(36)37)33-28(27(23)20-26)18-21-6-4-5-7-21/h8-13,19-22H,4-7,14-18H2,1-3H3,(H,36,37). The van der Waals surface area contributed by atoms with Crippen molar-refractivity contribution in [2.24, 2.45) is 11.8 Å². The fourth-order valence-electron chi connectivity index (χ4n) is 5.76. The van der Waals surface area contributed by atoms with Crippen molar-refractivity contribution in [2.75, 3.05) is 13.1 Å². The van der Waals surface area contributed by atoms with Gasteiger partial charge in [-0.05, 0) is 71.9 Å². The second-order valence-electron chi connectivity index (χ2n) is 12.0. The number of fused-ring (bicyclic) bond motifs is 1. The first-order valence-electron chi connectivity index (χ1n) is 13.9. The van der Waals surface area contributed by atoms with Crippen molar-refractivity contribution in [3.05, 3.63) is 65.5 Å². The van der Waals surface area contributed by atoms with E-state index in [0.717, 1.165) is 34.4 Å². The van der Waals surface area contributed by atoms with Crippen molar-refractivity contribution in [3.63, 3.8) is 0 Å². The zero-order valence-corrected chi connectivity index (χ0v) is 22.7. The van der Waals surface area contributed by atoms with E-state index in [1.165, 1.54) is 31.2 Å². The average Bonchev–Trinajstić information content (AvgIpc) is 3.41. The Morgan fingerprint density at radius 3 is 2.24 bits per heavy atom. The van der Waals surface area contributed by atoms with Crippen molar-refractivity contribution in [1.82, 2.24) is 9.88 Å². The number of rotatable bonds is 6. The summed E-state index contributed by atoms with van der Waals surface area (Å²) in [6.45, 7) is 7.49. The average molecular weight is 515 g/mol. The van der Waals surface area contributed by atoms with Crippen molar-refractivity contribution in [1.29, 1.82) is 0 Å². The molecule has 0 atom stereocenters. The molecule has 1 saturated heterocycles. The van der Waals surface area contributed by atoms with E-state index in [9.17, 15) is 14.7 Å². The van der Waals surface area contributed by atoms with E-state index in [4.69, 9.17) is 9.72 Å². The van der Waals surface area contributed by atoms with Crippen molar-refractivity contribution >= 4 is 22.6 Å². The Kier molecular flexibility index (Phi) is 7.42. The molecule has 2 aromatic carbocycles. The number of aromatic nitrogens is 1. The molecule has 2 heterocycles. The largest absolute Gasteiger partial charge is 0.481 e. The molecule has 1 saturated carbocycles. The van der Waals surface area contributed by atoms with Crippen molar-refractivity contribution in [2.45, 2.75) is 71.1 Å². The van der Waals surface area contributed by atoms with E-state index >= 15 is 0 Å². The summed E-state index contributed by atoms with van der Waals surface area (Å²) in [6.07, 6.45) is 6.71. The van der Waals surface area contributed by atoms with Gasteiger partial charge in [0.15, 0.2) is 0 Å². The third-order valence-corrected chi connectivity index (χ3v) is 8.15. The van der Waals surface area contributed by atoms with Gasteiger partial charge in [0.1, 0.15) is 17.2 Å². The number of likely N-dealkylation sites (tertiary alicyclic amines) is 1. The van der Waals surface area contributed by atoms with E-state index in [0.29, 0.717) is 37.5 Å². The first-order valence-corrected chi connectivity index (χ1v) is 13.9. The summed E-state index contributed by atoms with van der Waals surface area (Å²) in [5.74, 6) is 0.872. The quantitative estimate of drug-likeness (QED) is 0.383. The molecule has 1 N–H and O–H groups in total. The molecule has 1 aromatic heterocycles. The molecule has 0 spiro atoms. The minimum atomic E-state index is -0.775. The highest BCUT2D eigenvalue weighted by Gasteiger charge is 2.29. The number of piperidine rings is 1. The van der Waals surface area contributed by atoms with E-state index in [1.54, 1.807) is 4.90 Å². The Morgan fingerprint density at radius 2 is 1.61 bits per heavy atom. The van der Waals surface area contributed by atoms with Crippen LogP contribution in [-0.2, 0) is 16.6 Å². The Balaban J connectivity index is 1.42. The van der Waals surface area contributed by atoms with Crippen LogP contribution < -0.4 is 4.74 Å². The molecular formula is C32H38N2O4. The maximum absolute atomic E-state index is 13.4. The lowest BCUT2D eigenvalue weighted by molar-refractivity contribution is -0.143. The number of carbonyl (C=O) groups is 2. The second-order valence-corrected chi connectivity index (χ2v) is 12.0. The third-order valence-electron chi connectivity index (χ3n) is 8.15. The highest BCUT2D eigenvalue weighted by atomic mass is 16.5. The number of carbonyl (C=O) groups excluding carboxylic acids is 1. The molecule has 1 aliphatic carbocycles. The number of aliphatic carboxylic acids is 1. The van der Waals surface area contributed by atoms with Gasteiger partial charge in [-0.1, -0.05) is 64.7 Å². The number of hydrogen-bond donors (Lipinski definition) is 1. The van der Waals surface area contributed by atoms with Gasteiger partial charge < -0.3 is 14.7 Å². The van der Waals surface area contributed by atoms with Gasteiger partial charge in [-0.3, -0.25) is 9.59 Å². The summed E-state index contributed by atoms with van der Waals surface area (Å²) >= 11 is 0. The monoisotopic (exact) mass is 514 g/mol. The van der Waals surface area contributed by atoms with Crippen LogP contribution in [0.5, 0.6) is 11.5 Å². The maximum atomic E-state index is 13.4. The normalized spacial score (nSPS) is 17.2. The van der Waals surface area contributed by atoms with E-state index in [2.05, 4.69) is 39.0 Å². The Hall–Kier alpha value is -3.41. The number of carboxylic acid groups (broad SMARTS) is 1. The van der Waals surface area contributed by atoms with E-state index in [-0.39, 0.29) is 17.2 Å². The zero-order chi connectivity index (χ0) is 26.9. The second kappa shape index (κ2) is 10.8. The molecule has 0 unspecified atom stereocenters. The molecule has 5 rings (SSSR count). The molecule has 200 valence electrons. The van der Waals surface area contributed by atoms with Crippen LogP contribution in [0.15, 0.2) is 48.5 Å². The lowest BCUT2D eigenvalue weighted by Crippen LogP contribution is -2.40. The molecule has 3 aromatic rings. The van der Waals surface area contributed by atoms with Crippen LogP contribution in [0, 0.1) is 11.8 Å². The van der Waals surface area contributed by atoms with Gasteiger partial charge in [0, 0.05) is 24.2 Å². The van der Waals surface area contributed by atoms with Crippen LogP contribution in [0.2, 0.25) is 0 Å². The van der Waals surface area contributed by atoms with Gasteiger partial charge in [-0.25, -0.2) is 4.98 Å². The predicted octanol–water partition coefficient (Wildman–Crippen LogP) is 6.99. The highest BCUT2D eigenvalue weighted by molar-refractivity contribution is 5.97. The molecule has 0 radical (unpaired) electrons. The minimum absolute atomic E-state index is 0.0869. The predicted molar refractivity (Wildman–Crippen MR) is 149 cm³/mol. The van der Waals surface area contributed by atoms with Gasteiger partial charge in [0.2, 0.25) is 0 Å². The molecule has 1 amide bonds. The van der Waals surface area contributed by atoms with Crippen molar-refractivity contribution in [3.8, 4) is 11.5 Å². The van der Waals surface area contributed by atoms with Gasteiger partial charge in [-0.15, -0.1) is 0 Å². The number of pyridine rings is 1. The number of benzene rings is 2. The smallest absolute Gasteiger partial charge is 0.306 e. The summed E-state index contributed by atoms with van der Waals surface area (Å²) in [7, 11) is 0. The molecular weight excluding hydrogens is 476 g/mol. The summed E-state index contributed by atoms with van der Waals surface area (Å²) in [5, 5.41) is 11.3. The van der Waals surface area contributed by atoms with Crippen LogP contribution in [0.4, 0.5) is 0 Å². The Labute approximate surface area is 225 Å². The lowest BCUT2D eigenvalue weighted by Gasteiger charge is -2.30. The van der Waals surface area contributed by atoms with E-state index < -0.39 is 5.97 Å². The molecule has 38 heavy (non-hydrogen) atoms. The van der Waals surface area contributed by atoms with Gasteiger partial charge in [-0.2, -0.15) is 0 Å². The van der Waals surface area contributed by atoms with E-state index in [1.807, 2.05) is 30.3 Å².